The van der Waals surface area contributed by atoms with Crippen molar-refractivity contribution in [2.45, 2.75) is 0 Å². The molecule has 1 aromatic heterocycles. The quantitative estimate of drug-likeness (QED) is 0.696. The molecule has 0 radical (unpaired) electrons. The van der Waals surface area contributed by atoms with Crippen LogP contribution < -0.4 is 11.1 Å². The highest BCUT2D eigenvalue weighted by Gasteiger charge is 2.10. The van der Waals surface area contributed by atoms with Crippen molar-refractivity contribution in [2.75, 3.05) is 11.1 Å². The number of carboxylic acid groups (broad SMARTS) is 1. The van der Waals surface area contributed by atoms with Crippen molar-refractivity contribution in [3.8, 4) is 0 Å². The fraction of sp³-hybridized carbons (Fsp3) is 0.0909. The normalized spacial score (nSPS) is 10.2. The van der Waals surface area contributed by atoms with E-state index in [0.29, 0.717) is 11.4 Å². The van der Waals surface area contributed by atoms with Crippen molar-refractivity contribution in [1.82, 2.24) is 9.78 Å². The molecule has 17 heavy (non-hydrogen) atoms. The van der Waals surface area contributed by atoms with Crippen LogP contribution in [0.15, 0.2) is 30.6 Å². The van der Waals surface area contributed by atoms with Gasteiger partial charge in [0.05, 0.1) is 23.1 Å². The molecule has 0 bridgehead atoms. The minimum absolute atomic E-state index is 0.133. The van der Waals surface area contributed by atoms with Crippen LogP contribution in [0.2, 0.25) is 0 Å². The summed E-state index contributed by atoms with van der Waals surface area (Å²) < 4.78 is 1.63. The van der Waals surface area contributed by atoms with Crippen LogP contribution in [-0.2, 0) is 7.05 Å². The molecule has 0 amide bonds. The van der Waals surface area contributed by atoms with Crippen LogP contribution in [0.4, 0.5) is 17.1 Å². The maximum absolute atomic E-state index is 11.1. The SMILES string of the molecule is Cn1cc(Nc2ccc(N)cc2C(=O)O)cn1. The Balaban J connectivity index is 2.35. The second-order valence-corrected chi connectivity index (χ2v) is 3.64. The molecule has 6 heteroatoms. The van der Waals surface area contributed by atoms with Gasteiger partial charge in [-0.05, 0) is 18.2 Å². The van der Waals surface area contributed by atoms with E-state index in [9.17, 15) is 4.79 Å². The molecular weight excluding hydrogens is 220 g/mol. The van der Waals surface area contributed by atoms with E-state index in [2.05, 4.69) is 10.4 Å². The van der Waals surface area contributed by atoms with E-state index in [-0.39, 0.29) is 5.56 Å². The highest BCUT2D eigenvalue weighted by atomic mass is 16.4. The summed E-state index contributed by atoms with van der Waals surface area (Å²) in [6.45, 7) is 0. The number of nitrogen functional groups attached to an aromatic ring is 1. The molecule has 6 nitrogen and oxygen atoms in total. The van der Waals surface area contributed by atoms with Crippen molar-refractivity contribution >= 4 is 23.0 Å². The average Bonchev–Trinajstić information content (AvgIpc) is 2.66. The fourth-order valence-corrected chi connectivity index (χ4v) is 1.49. The predicted octanol–water partition coefficient (Wildman–Crippen LogP) is 1.44. The Labute approximate surface area is 97.7 Å². The van der Waals surface area contributed by atoms with Crippen LogP contribution in [0.3, 0.4) is 0 Å². The van der Waals surface area contributed by atoms with E-state index < -0.39 is 5.97 Å². The van der Waals surface area contributed by atoms with Gasteiger partial charge in [-0.2, -0.15) is 5.10 Å². The summed E-state index contributed by atoms with van der Waals surface area (Å²) in [6, 6.07) is 4.69. The van der Waals surface area contributed by atoms with E-state index in [1.165, 1.54) is 6.07 Å². The molecule has 4 N–H and O–H groups in total. The summed E-state index contributed by atoms with van der Waals surface area (Å²) >= 11 is 0. The number of hydrogen-bond acceptors (Lipinski definition) is 4. The molecule has 2 rings (SSSR count). The molecule has 0 aliphatic heterocycles. The highest BCUT2D eigenvalue weighted by molar-refractivity contribution is 5.96. The summed E-state index contributed by atoms with van der Waals surface area (Å²) in [7, 11) is 1.78. The van der Waals surface area contributed by atoms with Gasteiger partial charge in [-0.15, -0.1) is 0 Å². The molecule has 0 spiro atoms. The van der Waals surface area contributed by atoms with E-state index in [0.717, 1.165) is 5.69 Å². The van der Waals surface area contributed by atoms with Crippen LogP contribution in [0.1, 0.15) is 10.4 Å². The standard InChI is InChI=1S/C11H12N4O2/c1-15-6-8(5-13-15)14-10-3-2-7(12)4-9(10)11(16)17/h2-6,14H,12H2,1H3,(H,16,17). The third-order valence-electron chi connectivity index (χ3n) is 2.26. The minimum atomic E-state index is -1.02. The average molecular weight is 232 g/mol. The first-order chi connectivity index (χ1) is 8.06. The first kappa shape index (κ1) is 11.0. The summed E-state index contributed by atoms with van der Waals surface area (Å²) in [5.74, 6) is -1.02. The van der Waals surface area contributed by atoms with Gasteiger partial charge >= 0.3 is 5.97 Å². The lowest BCUT2D eigenvalue weighted by atomic mass is 10.1. The van der Waals surface area contributed by atoms with Crippen LogP contribution in [-0.4, -0.2) is 20.9 Å². The molecule has 88 valence electrons. The number of aromatic carboxylic acids is 1. The molecule has 2 aromatic rings. The number of aromatic nitrogens is 2. The zero-order valence-electron chi connectivity index (χ0n) is 9.21. The molecule has 1 heterocycles. The minimum Gasteiger partial charge on any atom is -0.478 e. The lowest BCUT2D eigenvalue weighted by Gasteiger charge is -2.08. The predicted molar refractivity (Wildman–Crippen MR) is 64.3 cm³/mol. The van der Waals surface area contributed by atoms with Crippen molar-refractivity contribution < 1.29 is 9.90 Å². The molecule has 0 saturated heterocycles. The number of hydrogen-bond donors (Lipinski definition) is 3. The Bertz CT molecular complexity index is 562. The molecular formula is C11H12N4O2. The zero-order valence-corrected chi connectivity index (χ0v) is 9.21. The Morgan fingerprint density at radius 1 is 1.53 bits per heavy atom. The maximum Gasteiger partial charge on any atom is 0.337 e. The van der Waals surface area contributed by atoms with Gasteiger partial charge in [0.25, 0.3) is 0 Å². The lowest BCUT2D eigenvalue weighted by molar-refractivity contribution is 0.0698. The van der Waals surface area contributed by atoms with E-state index in [1.54, 1.807) is 36.3 Å². The van der Waals surface area contributed by atoms with E-state index in [4.69, 9.17) is 10.8 Å². The van der Waals surface area contributed by atoms with Crippen LogP contribution >= 0.6 is 0 Å². The first-order valence-electron chi connectivity index (χ1n) is 4.95. The van der Waals surface area contributed by atoms with Crippen LogP contribution in [0, 0.1) is 0 Å². The Morgan fingerprint density at radius 2 is 2.29 bits per heavy atom. The Hall–Kier alpha value is -2.50. The number of benzene rings is 1. The molecule has 1 aromatic carbocycles. The maximum atomic E-state index is 11.1. The summed E-state index contributed by atoms with van der Waals surface area (Å²) in [5.41, 5.74) is 7.31. The molecule has 0 fully saturated rings. The van der Waals surface area contributed by atoms with Gasteiger partial charge < -0.3 is 16.2 Å². The number of rotatable bonds is 3. The van der Waals surface area contributed by atoms with Crippen molar-refractivity contribution in [3.05, 3.63) is 36.2 Å². The van der Waals surface area contributed by atoms with Gasteiger partial charge in [0.15, 0.2) is 0 Å². The van der Waals surface area contributed by atoms with Crippen LogP contribution in [0.5, 0.6) is 0 Å². The molecule has 0 unspecified atom stereocenters. The largest absolute Gasteiger partial charge is 0.478 e. The summed E-state index contributed by atoms with van der Waals surface area (Å²) in [4.78, 5) is 11.1. The molecule has 0 saturated carbocycles. The van der Waals surface area contributed by atoms with Gasteiger partial charge in [-0.1, -0.05) is 0 Å². The Morgan fingerprint density at radius 3 is 2.88 bits per heavy atom. The van der Waals surface area contributed by atoms with Gasteiger partial charge in [-0.3, -0.25) is 4.68 Å². The van der Waals surface area contributed by atoms with Gasteiger partial charge in [-0.25, -0.2) is 4.79 Å². The number of aryl methyl sites for hydroxylation is 1. The summed E-state index contributed by atoms with van der Waals surface area (Å²) in [5, 5.41) is 16.0. The second-order valence-electron chi connectivity index (χ2n) is 3.64. The lowest BCUT2D eigenvalue weighted by Crippen LogP contribution is -2.03. The number of anilines is 3. The van der Waals surface area contributed by atoms with E-state index in [1.807, 2.05) is 0 Å². The molecule has 0 atom stereocenters. The van der Waals surface area contributed by atoms with Crippen LogP contribution in [0.25, 0.3) is 0 Å². The topological polar surface area (TPSA) is 93.2 Å². The number of carboxylic acids is 1. The number of carbonyl (C=O) groups is 1. The van der Waals surface area contributed by atoms with Crippen molar-refractivity contribution in [3.63, 3.8) is 0 Å². The van der Waals surface area contributed by atoms with Gasteiger partial charge in [0, 0.05) is 18.9 Å². The monoisotopic (exact) mass is 232 g/mol. The smallest absolute Gasteiger partial charge is 0.337 e. The fourth-order valence-electron chi connectivity index (χ4n) is 1.49. The van der Waals surface area contributed by atoms with Gasteiger partial charge in [0.1, 0.15) is 0 Å². The highest BCUT2D eigenvalue weighted by Crippen LogP contribution is 2.22. The second kappa shape index (κ2) is 4.17. The number of nitrogens with one attached hydrogen (secondary N) is 1. The number of nitrogens with zero attached hydrogens (tertiary/aromatic N) is 2. The third-order valence-corrected chi connectivity index (χ3v) is 2.26. The molecule has 0 aliphatic carbocycles. The zero-order chi connectivity index (χ0) is 12.4. The van der Waals surface area contributed by atoms with Crippen molar-refractivity contribution in [1.29, 1.82) is 0 Å². The first-order valence-corrected chi connectivity index (χ1v) is 4.95. The Kier molecular flexibility index (Phi) is 2.70. The van der Waals surface area contributed by atoms with Crippen molar-refractivity contribution in [2.24, 2.45) is 7.05 Å². The third kappa shape index (κ3) is 2.36. The number of nitrogens with two attached hydrogens (primary N) is 1. The molecule has 0 aliphatic rings. The summed E-state index contributed by atoms with van der Waals surface area (Å²) in [6.07, 6.45) is 3.37. The van der Waals surface area contributed by atoms with E-state index >= 15 is 0 Å². The van der Waals surface area contributed by atoms with Gasteiger partial charge in [0.2, 0.25) is 0 Å².